The Morgan fingerprint density at radius 1 is 1.19 bits per heavy atom. The van der Waals surface area contributed by atoms with E-state index >= 15 is 0 Å². The molecule has 0 aromatic heterocycles. The van der Waals surface area contributed by atoms with Crippen LogP contribution in [-0.2, 0) is 14.3 Å². The zero-order valence-corrected chi connectivity index (χ0v) is 11.3. The number of phenols is 2. The van der Waals surface area contributed by atoms with Crippen molar-refractivity contribution in [2.24, 2.45) is 0 Å². The molecule has 0 aliphatic heterocycles. The van der Waals surface area contributed by atoms with Crippen molar-refractivity contribution in [3.8, 4) is 22.6 Å². The summed E-state index contributed by atoms with van der Waals surface area (Å²) in [6.07, 6.45) is 0.423. The molecule has 0 radical (unpaired) electrons. The summed E-state index contributed by atoms with van der Waals surface area (Å²) in [4.78, 5) is 23.0. The van der Waals surface area contributed by atoms with E-state index in [2.05, 4.69) is 4.74 Å². The van der Waals surface area contributed by atoms with Gasteiger partial charge in [-0.25, -0.2) is 0 Å². The molecule has 1 atom stereocenters. The second-order valence-electron chi connectivity index (χ2n) is 4.43. The molecular formula is C16H14O5. The van der Waals surface area contributed by atoms with Crippen molar-refractivity contribution in [3.05, 3.63) is 48.0 Å². The molecule has 0 bridgehead atoms. The Morgan fingerprint density at radius 2 is 1.86 bits per heavy atom. The highest BCUT2D eigenvalue weighted by Gasteiger charge is 2.26. The van der Waals surface area contributed by atoms with E-state index in [1.54, 1.807) is 30.3 Å². The number of methoxy groups -OCH3 is 1. The minimum Gasteiger partial charge on any atom is -0.508 e. The lowest BCUT2D eigenvalue weighted by molar-refractivity contribution is -0.143. The normalized spacial score (nSPS) is 11.7. The molecule has 0 aliphatic rings. The minimum atomic E-state index is -1.22. The van der Waals surface area contributed by atoms with Gasteiger partial charge in [0.2, 0.25) is 0 Å². The molecule has 5 nitrogen and oxygen atoms in total. The Labute approximate surface area is 121 Å². The quantitative estimate of drug-likeness (QED) is 0.511. The fraction of sp³-hybridized carbons (Fsp3) is 0.125. The van der Waals surface area contributed by atoms with Crippen LogP contribution in [-0.4, -0.2) is 29.6 Å². The molecule has 2 aromatic carbocycles. The van der Waals surface area contributed by atoms with Crippen LogP contribution in [0.15, 0.2) is 42.5 Å². The number of carbonyl (C=O) groups excluding carboxylic acids is 2. The lowest BCUT2D eigenvalue weighted by Crippen LogP contribution is -2.16. The topological polar surface area (TPSA) is 83.8 Å². The summed E-state index contributed by atoms with van der Waals surface area (Å²) in [6.45, 7) is 0. The summed E-state index contributed by atoms with van der Waals surface area (Å²) in [5.41, 5.74) is 1.14. The van der Waals surface area contributed by atoms with E-state index in [9.17, 15) is 19.8 Å². The van der Waals surface area contributed by atoms with Gasteiger partial charge < -0.3 is 19.7 Å². The molecule has 2 rings (SSSR count). The summed E-state index contributed by atoms with van der Waals surface area (Å²) >= 11 is 0. The SMILES string of the molecule is COC(=O)C(C=O)c1cc(O)cc(O)c1-c1ccccc1. The van der Waals surface area contributed by atoms with Crippen molar-refractivity contribution in [3.63, 3.8) is 0 Å². The first-order valence-corrected chi connectivity index (χ1v) is 6.23. The van der Waals surface area contributed by atoms with Gasteiger partial charge >= 0.3 is 5.97 Å². The highest BCUT2D eigenvalue weighted by molar-refractivity contribution is 5.97. The van der Waals surface area contributed by atoms with Gasteiger partial charge in [-0.15, -0.1) is 0 Å². The van der Waals surface area contributed by atoms with Crippen LogP contribution in [0.25, 0.3) is 11.1 Å². The molecule has 0 aliphatic carbocycles. The molecule has 2 aromatic rings. The molecule has 0 heterocycles. The van der Waals surface area contributed by atoms with Crippen LogP contribution >= 0.6 is 0 Å². The Hall–Kier alpha value is -2.82. The van der Waals surface area contributed by atoms with Crippen molar-refractivity contribution < 1.29 is 24.5 Å². The summed E-state index contributed by atoms with van der Waals surface area (Å²) in [5, 5.41) is 19.7. The Bertz CT molecular complexity index is 664. The van der Waals surface area contributed by atoms with Crippen LogP contribution in [0.5, 0.6) is 11.5 Å². The maximum atomic E-state index is 11.7. The van der Waals surface area contributed by atoms with Gasteiger partial charge in [0, 0.05) is 11.6 Å². The Morgan fingerprint density at radius 3 is 2.43 bits per heavy atom. The highest BCUT2D eigenvalue weighted by Crippen LogP contribution is 2.39. The van der Waals surface area contributed by atoms with Gasteiger partial charge in [-0.1, -0.05) is 30.3 Å². The van der Waals surface area contributed by atoms with E-state index in [1.165, 1.54) is 13.2 Å². The number of aromatic hydroxyl groups is 2. The molecule has 108 valence electrons. The van der Waals surface area contributed by atoms with E-state index in [0.29, 0.717) is 17.4 Å². The second-order valence-corrected chi connectivity index (χ2v) is 4.43. The van der Waals surface area contributed by atoms with Gasteiger partial charge in [-0.2, -0.15) is 0 Å². The third-order valence-corrected chi connectivity index (χ3v) is 3.12. The molecule has 0 amide bonds. The predicted molar refractivity (Wildman–Crippen MR) is 76.0 cm³/mol. The smallest absolute Gasteiger partial charge is 0.320 e. The van der Waals surface area contributed by atoms with Crippen LogP contribution < -0.4 is 0 Å². The van der Waals surface area contributed by atoms with Crippen LogP contribution in [0.4, 0.5) is 0 Å². The summed E-state index contributed by atoms with van der Waals surface area (Å²) in [5.74, 6) is -2.43. The fourth-order valence-corrected chi connectivity index (χ4v) is 2.18. The van der Waals surface area contributed by atoms with Gasteiger partial charge in [0.15, 0.2) is 0 Å². The number of phenolic OH excluding ortho intramolecular Hbond substituents is 2. The standard InChI is InChI=1S/C16H14O5/c1-21-16(20)13(9-17)12-7-11(18)8-14(19)15(12)10-5-3-2-4-6-10/h2-9,13,18-19H,1H3. The molecule has 0 saturated heterocycles. The number of benzene rings is 2. The third-order valence-electron chi connectivity index (χ3n) is 3.12. The minimum absolute atomic E-state index is 0.195. The number of hydrogen-bond acceptors (Lipinski definition) is 5. The molecule has 5 heteroatoms. The van der Waals surface area contributed by atoms with E-state index < -0.39 is 11.9 Å². The predicted octanol–water partition coefficient (Wildman–Crippen LogP) is 2.22. The van der Waals surface area contributed by atoms with Crippen molar-refractivity contribution in [2.75, 3.05) is 7.11 Å². The molecule has 2 N–H and O–H groups in total. The zero-order chi connectivity index (χ0) is 15.4. The average Bonchev–Trinajstić information content (AvgIpc) is 2.48. The summed E-state index contributed by atoms with van der Waals surface area (Å²) in [6, 6.07) is 11.2. The first kappa shape index (κ1) is 14.6. The molecule has 0 spiro atoms. The van der Waals surface area contributed by atoms with E-state index in [-0.39, 0.29) is 17.1 Å². The number of ether oxygens (including phenoxy) is 1. The van der Waals surface area contributed by atoms with Gasteiger partial charge in [0.1, 0.15) is 23.7 Å². The van der Waals surface area contributed by atoms with Crippen LogP contribution in [0.3, 0.4) is 0 Å². The monoisotopic (exact) mass is 286 g/mol. The summed E-state index contributed by atoms with van der Waals surface area (Å²) in [7, 11) is 1.17. The number of aldehydes is 1. The molecular weight excluding hydrogens is 272 g/mol. The van der Waals surface area contributed by atoms with Gasteiger partial charge in [-0.3, -0.25) is 4.79 Å². The highest BCUT2D eigenvalue weighted by atomic mass is 16.5. The molecule has 0 fully saturated rings. The van der Waals surface area contributed by atoms with Gasteiger partial charge in [0.05, 0.1) is 7.11 Å². The molecule has 1 unspecified atom stereocenters. The van der Waals surface area contributed by atoms with Crippen LogP contribution in [0.1, 0.15) is 11.5 Å². The number of esters is 1. The zero-order valence-electron chi connectivity index (χ0n) is 11.3. The fourth-order valence-electron chi connectivity index (χ4n) is 2.18. The number of rotatable bonds is 4. The third kappa shape index (κ3) is 2.86. The molecule has 21 heavy (non-hydrogen) atoms. The Balaban J connectivity index is 2.70. The Kier molecular flexibility index (Phi) is 4.23. The summed E-state index contributed by atoms with van der Waals surface area (Å²) < 4.78 is 4.59. The van der Waals surface area contributed by atoms with E-state index in [4.69, 9.17) is 0 Å². The first-order valence-electron chi connectivity index (χ1n) is 6.23. The van der Waals surface area contributed by atoms with E-state index in [1.807, 2.05) is 0 Å². The van der Waals surface area contributed by atoms with Crippen molar-refractivity contribution in [1.82, 2.24) is 0 Å². The first-order chi connectivity index (χ1) is 10.1. The maximum absolute atomic E-state index is 11.7. The lowest BCUT2D eigenvalue weighted by Gasteiger charge is -2.16. The second kappa shape index (κ2) is 6.09. The maximum Gasteiger partial charge on any atom is 0.320 e. The van der Waals surface area contributed by atoms with Crippen molar-refractivity contribution >= 4 is 12.3 Å². The number of hydrogen-bond donors (Lipinski definition) is 2. The van der Waals surface area contributed by atoms with Crippen LogP contribution in [0, 0.1) is 0 Å². The van der Waals surface area contributed by atoms with Gasteiger partial charge in [0.25, 0.3) is 0 Å². The van der Waals surface area contributed by atoms with Crippen molar-refractivity contribution in [2.45, 2.75) is 5.92 Å². The number of carbonyl (C=O) groups is 2. The van der Waals surface area contributed by atoms with Crippen LogP contribution in [0.2, 0.25) is 0 Å². The van der Waals surface area contributed by atoms with Crippen molar-refractivity contribution in [1.29, 1.82) is 0 Å². The van der Waals surface area contributed by atoms with E-state index in [0.717, 1.165) is 6.07 Å². The molecule has 0 saturated carbocycles. The van der Waals surface area contributed by atoms with Gasteiger partial charge in [-0.05, 0) is 17.2 Å². The largest absolute Gasteiger partial charge is 0.508 e. The average molecular weight is 286 g/mol. The lowest BCUT2D eigenvalue weighted by atomic mass is 9.90.